The third-order valence-corrected chi connectivity index (χ3v) is 11.9. The SMILES string of the molecule is CCCCCCCC/C=C\CCCCCC[C@@H](O)[C@@H](O)[C@H](CO[C@@H]1O[C@H](CO)[C@@H](O)[C@H](O)[C@H]1O)NC(=O)[C@H](O)CCCCCCCCCCCC/C=C/C(=O)CCCCCC. The number of aliphatic hydroxyl groups is 7. The van der Waals surface area contributed by atoms with Crippen molar-refractivity contribution in [3.8, 4) is 0 Å². The predicted octanol–water partition coefficient (Wildman–Crippen LogP) is 7.79. The zero-order valence-corrected chi connectivity index (χ0v) is 38.4. The number of nitrogens with one attached hydrogen (secondary N) is 1. The molecule has 0 aromatic carbocycles. The van der Waals surface area contributed by atoms with Gasteiger partial charge >= 0.3 is 0 Å². The van der Waals surface area contributed by atoms with Gasteiger partial charge in [0.1, 0.15) is 36.6 Å². The molecule has 1 saturated heterocycles. The molecule has 0 saturated carbocycles. The quantitative estimate of drug-likeness (QED) is 0.0169. The number of carbonyl (C=O) groups is 2. The van der Waals surface area contributed by atoms with Gasteiger partial charge in [-0.1, -0.05) is 160 Å². The molecule has 1 aliphatic heterocycles. The molecule has 0 aromatic heterocycles. The van der Waals surface area contributed by atoms with Crippen LogP contribution in [0, 0.1) is 0 Å². The average molecular weight is 870 g/mol. The van der Waals surface area contributed by atoms with E-state index in [0.717, 1.165) is 83.5 Å². The Labute approximate surface area is 370 Å². The first-order valence-electron chi connectivity index (χ1n) is 24.7. The molecule has 1 fully saturated rings. The van der Waals surface area contributed by atoms with Crippen molar-refractivity contribution < 1.29 is 54.8 Å². The molecule has 1 rings (SSSR count). The molecule has 1 heterocycles. The zero-order valence-electron chi connectivity index (χ0n) is 38.4. The van der Waals surface area contributed by atoms with E-state index >= 15 is 0 Å². The molecule has 0 aromatic rings. The van der Waals surface area contributed by atoms with Gasteiger partial charge in [-0.25, -0.2) is 0 Å². The molecule has 0 bridgehead atoms. The molecule has 12 heteroatoms. The molecule has 0 spiro atoms. The monoisotopic (exact) mass is 870 g/mol. The summed E-state index contributed by atoms with van der Waals surface area (Å²) in [5.41, 5.74) is 0. The third-order valence-electron chi connectivity index (χ3n) is 11.9. The lowest BCUT2D eigenvalue weighted by Crippen LogP contribution is -2.60. The van der Waals surface area contributed by atoms with Crippen LogP contribution in [-0.4, -0.2) is 116 Å². The lowest BCUT2D eigenvalue weighted by molar-refractivity contribution is -0.303. The second-order valence-electron chi connectivity index (χ2n) is 17.5. The highest BCUT2D eigenvalue weighted by Crippen LogP contribution is 2.23. The highest BCUT2D eigenvalue weighted by atomic mass is 16.7. The number of carbonyl (C=O) groups excluding carboxylic acids is 2. The van der Waals surface area contributed by atoms with Gasteiger partial charge < -0.3 is 50.5 Å². The smallest absolute Gasteiger partial charge is 0.249 e. The van der Waals surface area contributed by atoms with Crippen LogP contribution in [0.2, 0.25) is 0 Å². The van der Waals surface area contributed by atoms with Crippen molar-refractivity contribution >= 4 is 11.7 Å². The highest BCUT2D eigenvalue weighted by Gasteiger charge is 2.44. The van der Waals surface area contributed by atoms with E-state index in [1.165, 1.54) is 77.0 Å². The number of aliphatic hydroxyl groups excluding tert-OH is 7. The molecular weight excluding hydrogens is 779 g/mol. The molecular formula is C49H91NO11. The molecule has 1 aliphatic rings. The van der Waals surface area contributed by atoms with Crippen molar-refractivity contribution in [2.24, 2.45) is 0 Å². The third kappa shape index (κ3) is 28.6. The van der Waals surface area contributed by atoms with Gasteiger partial charge in [0.05, 0.1) is 25.4 Å². The molecule has 0 radical (unpaired) electrons. The van der Waals surface area contributed by atoms with Gasteiger partial charge in [0.15, 0.2) is 12.1 Å². The summed E-state index contributed by atoms with van der Waals surface area (Å²) in [6.45, 7) is 3.32. The van der Waals surface area contributed by atoms with E-state index in [2.05, 4.69) is 31.3 Å². The number of allylic oxidation sites excluding steroid dienone is 4. The van der Waals surface area contributed by atoms with Gasteiger partial charge in [-0.2, -0.15) is 0 Å². The van der Waals surface area contributed by atoms with Gasteiger partial charge in [0.2, 0.25) is 5.91 Å². The number of amides is 1. The van der Waals surface area contributed by atoms with Gasteiger partial charge in [-0.05, 0) is 63.9 Å². The first-order valence-corrected chi connectivity index (χ1v) is 24.7. The maximum absolute atomic E-state index is 13.1. The summed E-state index contributed by atoms with van der Waals surface area (Å²) >= 11 is 0. The van der Waals surface area contributed by atoms with Crippen molar-refractivity contribution in [1.82, 2.24) is 5.32 Å². The number of ether oxygens (including phenoxy) is 2. The lowest BCUT2D eigenvalue weighted by atomic mass is 9.98. The number of ketones is 1. The Balaban J connectivity index is 2.42. The van der Waals surface area contributed by atoms with Crippen LogP contribution < -0.4 is 5.32 Å². The summed E-state index contributed by atoms with van der Waals surface area (Å²) in [5, 5.41) is 75.7. The Hall–Kier alpha value is -1.74. The van der Waals surface area contributed by atoms with Crippen LogP contribution in [0.15, 0.2) is 24.3 Å². The van der Waals surface area contributed by atoms with E-state index in [4.69, 9.17) is 9.47 Å². The number of unbranched alkanes of at least 4 members (excludes halogenated alkanes) is 23. The fourth-order valence-electron chi connectivity index (χ4n) is 7.76. The van der Waals surface area contributed by atoms with Gasteiger partial charge in [0.25, 0.3) is 0 Å². The van der Waals surface area contributed by atoms with Gasteiger partial charge in [-0.15, -0.1) is 0 Å². The minimum Gasteiger partial charge on any atom is -0.394 e. The van der Waals surface area contributed by atoms with Crippen molar-refractivity contribution in [2.75, 3.05) is 13.2 Å². The average Bonchev–Trinajstić information content (AvgIpc) is 3.25. The van der Waals surface area contributed by atoms with E-state index in [0.29, 0.717) is 19.3 Å². The largest absolute Gasteiger partial charge is 0.394 e. The summed E-state index contributed by atoms with van der Waals surface area (Å²) < 4.78 is 11.1. The fraction of sp³-hybridized carbons (Fsp3) is 0.878. The van der Waals surface area contributed by atoms with Gasteiger partial charge in [0, 0.05) is 6.42 Å². The van der Waals surface area contributed by atoms with Crippen molar-refractivity contribution in [2.45, 2.75) is 262 Å². The second-order valence-corrected chi connectivity index (χ2v) is 17.5. The van der Waals surface area contributed by atoms with Crippen LogP contribution in [0.5, 0.6) is 0 Å². The molecule has 0 unspecified atom stereocenters. The fourth-order valence-corrected chi connectivity index (χ4v) is 7.76. The summed E-state index contributed by atoms with van der Waals surface area (Å²) in [6, 6.07) is -1.19. The van der Waals surface area contributed by atoms with Crippen LogP contribution in [0.4, 0.5) is 0 Å². The highest BCUT2D eigenvalue weighted by molar-refractivity contribution is 5.89. The van der Waals surface area contributed by atoms with Gasteiger partial charge in [-0.3, -0.25) is 9.59 Å². The predicted molar refractivity (Wildman–Crippen MR) is 243 cm³/mol. The number of rotatable bonds is 41. The van der Waals surface area contributed by atoms with Crippen LogP contribution in [0.3, 0.4) is 0 Å². The Morgan fingerprint density at radius 1 is 0.607 bits per heavy atom. The van der Waals surface area contributed by atoms with Crippen LogP contribution in [-0.2, 0) is 19.1 Å². The zero-order chi connectivity index (χ0) is 44.9. The normalized spacial score (nSPS) is 21.6. The first-order chi connectivity index (χ1) is 29.6. The van der Waals surface area contributed by atoms with E-state index in [-0.39, 0.29) is 18.6 Å². The molecule has 0 aliphatic carbocycles. The van der Waals surface area contributed by atoms with E-state index in [9.17, 15) is 45.3 Å². The molecule has 12 nitrogen and oxygen atoms in total. The Morgan fingerprint density at radius 2 is 1.08 bits per heavy atom. The minimum atomic E-state index is -1.67. The van der Waals surface area contributed by atoms with E-state index in [1.54, 1.807) is 6.08 Å². The summed E-state index contributed by atoms with van der Waals surface area (Å²) in [7, 11) is 0. The first kappa shape index (κ1) is 57.3. The molecule has 1 amide bonds. The molecule has 61 heavy (non-hydrogen) atoms. The summed E-state index contributed by atoms with van der Waals surface area (Å²) in [6.07, 6.45) is 27.4. The molecule has 9 atom stereocenters. The van der Waals surface area contributed by atoms with E-state index in [1.807, 2.05) is 6.08 Å². The van der Waals surface area contributed by atoms with E-state index < -0.39 is 74.2 Å². The number of hydrogen-bond donors (Lipinski definition) is 8. The number of hydrogen-bond acceptors (Lipinski definition) is 11. The molecule has 358 valence electrons. The van der Waals surface area contributed by atoms with Crippen molar-refractivity contribution in [3.63, 3.8) is 0 Å². The maximum atomic E-state index is 13.1. The molecule has 8 N–H and O–H groups in total. The van der Waals surface area contributed by atoms with Crippen molar-refractivity contribution in [3.05, 3.63) is 24.3 Å². The van der Waals surface area contributed by atoms with Crippen molar-refractivity contribution in [1.29, 1.82) is 0 Å². The topological polar surface area (TPSA) is 206 Å². The van der Waals surface area contributed by atoms with Crippen LogP contribution >= 0.6 is 0 Å². The second kappa shape index (κ2) is 38.7. The van der Waals surface area contributed by atoms with Crippen LogP contribution in [0.25, 0.3) is 0 Å². The Morgan fingerprint density at radius 3 is 1.62 bits per heavy atom. The van der Waals surface area contributed by atoms with Crippen LogP contribution in [0.1, 0.15) is 206 Å². The standard InChI is InChI=1S/C49H91NO11/c1-3-5-7-9-10-11-12-13-14-18-21-24-27-31-35-41(53)44(55)40(38-60-49-47(58)46(57)45(56)43(37-51)61-49)50-48(59)42(54)36-32-28-25-22-19-16-15-17-20-23-26-30-34-39(52)33-29-8-6-4-2/h13-14,30,34,40-47,49,51,53-58H,3-12,15-29,31-33,35-38H2,1-2H3,(H,50,59)/b14-13-,34-30+/t40-,41+,42+,43+,44-,45+,46-,47+,49+/m0/s1. The Bertz CT molecular complexity index is 1100. The minimum absolute atomic E-state index is 0.234. The Kier molecular flexibility index (Phi) is 36.3. The summed E-state index contributed by atoms with van der Waals surface area (Å²) in [4.78, 5) is 25.0. The summed E-state index contributed by atoms with van der Waals surface area (Å²) in [5.74, 6) is -0.474. The maximum Gasteiger partial charge on any atom is 0.249 e. The lowest BCUT2D eigenvalue weighted by Gasteiger charge is -2.40.